The molecule has 6 aromatic rings. The molecule has 46 heavy (non-hydrogen) atoms. The molecule has 0 saturated carbocycles. The van der Waals surface area contributed by atoms with Crippen molar-refractivity contribution >= 4 is 65.6 Å². The number of fused-ring (bicyclic) bond motifs is 2. The Balaban J connectivity index is 0.000000181. The molecule has 0 atom stereocenters. The fraction of sp³-hybridized carbons (Fsp3) is 0.0588. The summed E-state index contributed by atoms with van der Waals surface area (Å²) in [5, 5.41) is 19.1. The van der Waals surface area contributed by atoms with Crippen molar-refractivity contribution in [2.24, 2.45) is 0 Å². The van der Waals surface area contributed by atoms with Crippen molar-refractivity contribution in [3.63, 3.8) is 0 Å². The van der Waals surface area contributed by atoms with Crippen LogP contribution in [0.2, 0.25) is 0 Å². The van der Waals surface area contributed by atoms with Crippen LogP contribution in [0.3, 0.4) is 0 Å². The fourth-order valence-electron chi connectivity index (χ4n) is 4.52. The van der Waals surface area contributed by atoms with Crippen LogP contribution in [0.4, 0.5) is 0 Å². The van der Waals surface area contributed by atoms with E-state index >= 15 is 0 Å². The Kier molecular flexibility index (Phi) is 9.99. The van der Waals surface area contributed by atoms with Gasteiger partial charge in [0.15, 0.2) is 11.2 Å². The van der Waals surface area contributed by atoms with Gasteiger partial charge in [-0.2, -0.15) is 0 Å². The lowest BCUT2D eigenvalue weighted by Crippen LogP contribution is -2.13. The minimum atomic E-state index is -1.21. The second-order valence-electron chi connectivity index (χ2n) is 9.83. The van der Waals surface area contributed by atoms with Gasteiger partial charge in [-0.25, -0.2) is 9.59 Å². The summed E-state index contributed by atoms with van der Waals surface area (Å²) in [7, 11) is 0. The molecule has 6 rings (SSSR count). The summed E-state index contributed by atoms with van der Waals surface area (Å²) in [4.78, 5) is 52.3. The SMILES string of the molecule is O=C(O)c1[nH]c2c(OCc3ccccc3)cccc2c(=O)c1Br.O=C(O)c1cc(=O)c2ccc(Br)c(OCc3ccccc3)c2[nH]1. The molecule has 0 radical (unpaired) electrons. The number of carboxylic acid groups (broad SMARTS) is 2. The number of aromatic carboxylic acids is 2. The number of carboxylic acids is 2. The number of para-hydroxylation sites is 1. The Bertz CT molecular complexity index is 2180. The second-order valence-corrected chi connectivity index (χ2v) is 11.5. The molecule has 0 unspecified atom stereocenters. The number of H-pyrrole nitrogens is 2. The molecule has 232 valence electrons. The van der Waals surface area contributed by atoms with E-state index in [9.17, 15) is 24.3 Å². The average molecular weight is 748 g/mol. The van der Waals surface area contributed by atoms with E-state index in [-0.39, 0.29) is 26.7 Å². The number of hydrogen-bond acceptors (Lipinski definition) is 6. The maximum atomic E-state index is 12.3. The average Bonchev–Trinajstić information content (AvgIpc) is 3.06. The number of nitrogens with one attached hydrogen (secondary N) is 2. The topological polar surface area (TPSA) is 159 Å². The Labute approximate surface area is 277 Å². The predicted molar refractivity (Wildman–Crippen MR) is 180 cm³/mol. The molecule has 0 aliphatic carbocycles. The van der Waals surface area contributed by atoms with E-state index < -0.39 is 11.9 Å². The Morgan fingerprint density at radius 1 is 0.674 bits per heavy atom. The molecule has 12 heteroatoms. The van der Waals surface area contributed by atoms with Gasteiger partial charge < -0.3 is 29.7 Å². The summed E-state index contributed by atoms with van der Waals surface area (Å²) in [6.45, 7) is 0.623. The monoisotopic (exact) mass is 746 g/mol. The molecule has 2 aromatic heterocycles. The first-order chi connectivity index (χ1) is 22.1. The van der Waals surface area contributed by atoms with Gasteiger partial charge in [0, 0.05) is 11.5 Å². The molecule has 0 aliphatic heterocycles. The van der Waals surface area contributed by atoms with Crippen LogP contribution in [0.15, 0.2) is 116 Å². The van der Waals surface area contributed by atoms with Gasteiger partial charge in [0.05, 0.1) is 25.4 Å². The van der Waals surface area contributed by atoms with E-state index in [0.717, 1.165) is 17.2 Å². The van der Waals surface area contributed by atoms with Crippen LogP contribution in [0.25, 0.3) is 21.8 Å². The van der Waals surface area contributed by atoms with Crippen LogP contribution in [0, 0.1) is 0 Å². The van der Waals surface area contributed by atoms with Crippen molar-refractivity contribution in [3.05, 3.63) is 149 Å². The van der Waals surface area contributed by atoms with Crippen LogP contribution < -0.4 is 20.3 Å². The second kappa shape index (κ2) is 14.3. The number of halogens is 2. The normalized spacial score (nSPS) is 10.7. The predicted octanol–water partition coefficient (Wildman–Crippen LogP) is 7.14. The largest absolute Gasteiger partial charge is 0.487 e. The fourth-order valence-corrected chi connectivity index (χ4v) is 5.44. The van der Waals surface area contributed by atoms with Gasteiger partial charge in [0.1, 0.15) is 30.4 Å². The van der Waals surface area contributed by atoms with E-state index in [1.54, 1.807) is 30.3 Å². The summed E-state index contributed by atoms with van der Waals surface area (Å²) < 4.78 is 12.2. The van der Waals surface area contributed by atoms with E-state index in [2.05, 4.69) is 41.8 Å². The van der Waals surface area contributed by atoms with Crippen molar-refractivity contribution < 1.29 is 29.3 Å². The molecular formula is C34H24Br2N2O8. The van der Waals surface area contributed by atoms with Crippen molar-refractivity contribution in [3.8, 4) is 11.5 Å². The number of aromatic nitrogens is 2. The van der Waals surface area contributed by atoms with Gasteiger partial charge in [0.25, 0.3) is 0 Å². The van der Waals surface area contributed by atoms with Crippen LogP contribution >= 0.6 is 31.9 Å². The molecule has 0 bridgehead atoms. The lowest BCUT2D eigenvalue weighted by molar-refractivity contribution is 0.0679. The van der Waals surface area contributed by atoms with E-state index in [1.807, 2.05) is 60.7 Å². The Morgan fingerprint density at radius 2 is 1.30 bits per heavy atom. The van der Waals surface area contributed by atoms with Crippen LogP contribution in [-0.4, -0.2) is 32.1 Å². The Morgan fingerprint density at radius 3 is 1.91 bits per heavy atom. The zero-order valence-corrected chi connectivity index (χ0v) is 26.9. The summed E-state index contributed by atoms with van der Waals surface area (Å²) in [6.07, 6.45) is 0. The van der Waals surface area contributed by atoms with Crippen LogP contribution in [0.5, 0.6) is 11.5 Å². The van der Waals surface area contributed by atoms with Crippen LogP contribution in [0.1, 0.15) is 32.1 Å². The first kappa shape index (κ1) is 32.2. The standard InChI is InChI=1S/2C17H12BrNO4/c18-13-15(17(21)22)19-14-11(16(13)20)7-4-8-12(14)23-9-10-5-2-1-3-6-10;18-12-7-6-11-14(20)8-13(17(21)22)19-15(11)16(12)23-9-10-4-2-1-3-5-10/h2*1-8H,9H2,(H,19,20)(H,21,22). The van der Waals surface area contributed by atoms with Gasteiger partial charge in [0.2, 0.25) is 5.43 Å². The number of pyridine rings is 2. The van der Waals surface area contributed by atoms with Crippen molar-refractivity contribution in [2.45, 2.75) is 13.2 Å². The number of carbonyl (C=O) groups is 2. The maximum absolute atomic E-state index is 12.3. The number of hydrogen-bond donors (Lipinski definition) is 4. The van der Waals surface area contributed by atoms with Gasteiger partial charge in [-0.1, -0.05) is 66.7 Å². The summed E-state index contributed by atoms with van der Waals surface area (Å²) in [6, 6.07) is 28.6. The molecule has 0 fully saturated rings. The molecule has 2 heterocycles. The molecule has 0 aliphatic rings. The summed E-state index contributed by atoms with van der Waals surface area (Å²) >= 11 is 6.42. The zero-order chi connectivity index (χ0) is 32.8. The lowest BCUT2D eigenvalue weighted by atomic mass is 10.1. The smallest absolute Gasteiger partial charge is 0.353 e. The maximum Gasteiger partial charge on any atom is 0.353 e. The van der Waals surface area contributed by atoms with Crippen molar-refractivity contribution in [2.75, 3.05) is 0 Å². The highest BCUT2D eigenvalue weighted by molar-refractivity contribution is 9.10. The quantitative estimate of drug-likeness (QED) is 0.128. The van der Waals surface area contributed by atoms with E-state index in [0.29, 0.717) is 51.0 Å². The highest BCUT2D eigenvalue weighted by Gasteiger charge is 2.17. The van der Waals surface area contributed by atoms with E-state index in [1.165, 1.54) is 0 Å². The first-order valence-corrected chi connectivity index (χ1v) is 15.2. The minimum absolute atomic E-state index is 0.00212. The van der Waals surface area contributed by atoms with Gasteiger partial charge in [-0.05, 0) is 67.3 Å². The number of rotatable bonds is 8. The first-order valence-electron chi connectivity index (χ1n) is 13.6. The highest BCUT2D eigenvalue weighted by atomic mass is 79.9. The highest BCUT2D eigenvalue weighted by Crippen LogP contribution is 2.32. The molecule has 4 N–H and O–H groups in total. The van der Waals surface area contributed by atoms with Gasteiger partial charge in [-0.3, -0.25) is 9.59 Å². The molecule has 0 saturated heterocycles. The third-order valence-corrected chi connectivity index (χ3v) is 8.14. The van der Waals surface area contributed by atoms with Crippen LogP contribution in [-0.2, 0) is 13.2 Å². The van der Waals surface area contributed by atoms with Crippen molar-refractivity contribution in [1.29, 1.82) is 0 Å². The summed E-state index contributed by atoms with van der Waals surface area (Å²) in [5.41, 5.74) is 1.54. The lowest BCUT2D eigenvalue weighted by Gasteiger charge is -2.12. The Hall–Kier alpha value is -5.20. The molecule has 0 amide bonds. The van der Waals surface area contributed by atoms with E-state index in [4.69, 9.17) is 14.6 Å². The zero-order valence-electron chi connectivity index (χ0n) is 23.8. The van der Waals surface area contributed by atoms with Gasteiger partial charge >= 0.3 is 11.9 Å². The number of ether oxygens (including phenoxy) is 2. The van der Waals surface area contributed by atoms with Crippen molar-refractivity contribution in [1.82, 2.24) is 9.97 Å². The molecule has 0 spiro atoms. The minimum Gasteiger partial charge on any atom is -0.487 e. The number of aromatic amines is 2. The molecular weight excluding hydrogens is 724 g/mol. The third-order valence-electron chi connectivity index (χ3n) is 6.76. The summed E-state index contributed by atoms with van der Waals surface area (Å²) in [5.74, 6) is -1.57. The van der Waals surface area contributed by atoms with Gasteiger partial charge in [-0.15, -0.1) is 0 Å². The molecule has 10 nitrogen and oxygen atoms in total. The molecule has 4 aromatic carbocycles. The third kappa shape index (κ3) is 7.19. The number of benzene rings is 4.